The molecule has 1 N–H and O–H groups in total. The molecule has 0 aliphatic carbocycles. The number of nitrogens with one attached hydrogen (secondary N) is 1. The Morgan fingerprint density at radius 1 is 1.40 bits per heavy atom. The Morgan fingerprint density at radius 3 is 2.60 bits per heavy atom. The molecule has 0 spiro atoms. The van der Waals surface area contributed by atoms with Crippen molar-refractivity contribution in [3.05, 3.63) is 12.2 Å². The van der Waals surface area contributed by atoms with Crippen molar-refractivity contribution in [2.75, 3.05) is 19.7 Å². The van der Waals surface area contributed by atoms with Crippen molar-refractivity contribution in [2.24, 2.45) is 5.92 Å². The SMILES string of the molecule is C=C(C)CNCCCCOC(=O)C(C)C. The molecule has 0 heterocycles. The van der Waals surface area contributed by atoms with Gasteiger partial charge in [0.25, 0.3) is 0 Å². The third-order valence-corrected chi connectivity index (χ3v) is 1.89. The molecule has 3 heteroatoms. The highest BCUT2D eigenvalue weighted by atomic mass is 16.5. The maximum absolute atomic E-state index is 11.1. The van der Waals surface area contributed by atoms with E-state index in [-0.39, 0.29) is 11.9 Å². The molecule has 0 fully saturated rings. The highest BCUT2D eigenvalue weighted by molar-refractivity contribution is 5.71. The lowest BCUT2D eigenvalue weighted by molar-refractivity contribution is -0.147. The predicted octanol–water partition coefficient (Wildman–Crippen LogP) is 2.13. The second-order valence-electron chi connectivity index (χ2n) is 4.16. The van der Waals surface area contributed by atoms with Gasteiger partial charge in [0, 0.05) is 6.54 Å². The maximum atomic E-state index is 11.1. The molecule has 0 rings (SSSR count). The number of ether oxygens (including phenoxy) is 1. The van der Waals surface area contributed by atoms with Crippen LogP contribution in [0, 0.1) is 5.92 Å². The molecule has 88 valence electrons. The lowest BCUT2D eigenvalue weighted by atomic mass is 10.2. The topological polar surface area (TPSA) is 38.3 Å². The Balaban J connectivity index is 3.18. The van der Waals surface area contributed by atoms with Crippen LogP contribution in [0.1, 0.15) is 33.6 Å². The Morgan fingerprint density at radius 2 is 2.07 bits per heavy atom. The highest BCUT2D eigenvalue weighted by Crippen LogP contribution is 1.97. The van der Waals surface area contributed by atoms with Gasteiger partial charge >= 0.3 is 5.97 Å². The third-order valence-electron chi connectivity index (χ3n) is 1.89. The van der Waals surface area contributed by atoms with Crippen molar-refractivity contribution < 1.29 is 9.53 Å². The standard InChI is InChI=1S/C12H23NO2/c1-10(2)9-13-7-5-6-8-15-12(14)11(3)4/h11,13H,1,5-9H2,2-4H3. The number of hydrogen-bond donors (Lipinski definition) is 1. The van der Waals surface area contributed by atoms with E-state index in [4.69, 9.17) is 4.74 Å². The molecule has 0 aliphatic rings. The van der Waals surface area contributed by atoms with E-state index in [1.807, 2.05) is 20.8 Å². The summed E-state index contributed by atoms with van der Waals surface area (Å²) < 4.78 is 5.05. The van der Waals surface area contributed by atoms with Crippen LogP contribution in [0.2, 0.25) is 0 Å². The van der Waals surface area contributed by atoms with Gasteiger partial charge in [-0.3, -0.25) is 4.79 Å². The van der Waals surface area contributed by atoms with Gasteiger partial charge in [0.05, 0.1) is 12.5 Å². The zero-order valence-corrected chi connectivity index (χ0v) is 10.1. The second-order valence-corrected chi connectivity index (χ2v) is 4.16. The third kappa shape index (κ3) is 9.47. The van der Waals surface area contributed by atoms with Crippen LogP contribution in [0.25, 0.3) is 0 Å². The zero-order valence-electron chi connectivity index (χ0n) is 10.1. The van der Waals surface area contributed by atoms with Crippen LogP contribution in [0.4, 0.5) is 0 Å². The molecular weight excluding hydrogens is 190 g/mol. The predicted molar refractivity (Wildman–Crippen MR) is 62.7 cm³/mol. The van der Waals surface area contributed by atoms with Crippen molar-refractivity contribution in [1.29, 1.82) is 0 Å². The van der Waals surface area contributed by atoms with Gasteiger partial charge in [-0.25, -0.2) is 0 Å². The summed E-state index contributed by atoms with van der Waals surface area (Å²) in [5.41, 5.74) is 1.14. The van der Waals surface area contributed by atoms with Crippen LogP contribution in [0.5, 0.6) is 0 Å². The normalized spacial score (nSPS) is 10.4. The average Bonchev–Trinajstić information content (AvgIpc) is 2.15. The van der Waals surface area contributed by atoms with Gasteiger partial charge in [0.15, 0.2) is 0 Å². The van der Waals surface area contributed by atoms with E-state index in [0.29, 0.717) is 6.61 Å². The average molecular weight is 213 g/mol. The molecule has 0 aromatic heterocycles. The van der Waals surface area contributed by atoms with Gasteiger partial charge in [0.2, 0.25) is 0 Å². The van der Waals surface area contributed by atoms with Crippen LogP contribution in [0.3, 0.4) is 0 Å². The van der Waals surface area contributed by atoms with E-state index in [1.54, 1.807) is 0 Å². The van der Waals surface area contributed by atoms with Gasteiger partial charge in [-0.05, 0) is 26.3 Å². The molecule has 0 aromatic carbocycles. The summed E-state index contributed by atoms with van der Waals surface area (Å²) in [6.45, 7) is 11.8. The number of carbonyl (C=O) groups excluding carboxylic acids is 1. The minimum Gasteiger partial charge on any atom is -0.465 e. The maximum Gasteiger partial charge on any atom is 0.308 e. The quantitative estimate of drug-likeness (QED) is 0.381. The molecule has 0 unspecified atom stereocenters. The Hall–Kier alpha value is -0.830. The molecule has 3 nitrogen and oxygen atoms in total. The summed E-state index contributed by atoms with van der Waals surface area (Å²) in [5, 5.41) is 3.26. The molecular formula is C12H23NO2. The molecule has 0 bridgehead atoms. The fourth-order valence-electron chi connectivity index (χ4n) is 0.993. The molecule has 15 heavy (non-hydrogen) atoms. The van der Waals surface area contributed by atoms with E-state index in [9.17, 15) is 4.79 Å². The summed E-state index contributed by atoms with van der Waals surface area (Å²) in [6, 6.07) is 0. The molecule has 0 amide bonds. The summed E-state index contributed by atoms with van der Waals surface area (Å²) in [6.07, 6.45) is 1.94. The second kappa shape index (κ2) is 8.48. The smallest absolute Gasteiger partial charge is 0.308 e. The minimum absolute atomic E-state index is 0.0217. The van der Waals surface area contributed by atoms with Crippen molar-refractivity contribution in [2.45, 2.75) is 33.6 Å². The number of rotatable bonds is 8. The molecule has 0 radical (unpaired) electrons. The van der Waals surface area contributed by atoms with E-state index < -0.39 is 0 Å². The fraction of sp³-hybridized carbons (Fsp3) is 0.750. The molecule has 0 aromatic rings. The van der Waals surface area contributed by atoms with Crippen molar-refractivity contribution in [3.63, 3.8) is 0 Å². The van der Waals surface area contributed by atoms with Crippen molar-refractivity contribution in [1.82, 2.24) is 5.32 Å². The number of unbranched alkanes of at least 4 members (excludes halogenated alkanes) is 1. The summed E-state index contributed by atoms with van der Waals surface area (Å²) in [4.78, 5) is 11.1. The largest absolute Gasteiger partial charge is 0.465 e. The molecule has 0 aliphatic heterocycles. The van der Waals surface area contributed by atoms with Crippen LogP contribution in [-0.4, -0.2) is 25.7 Å². The van der Waals surface area contributed by atoms with E-state index in [2.05, 4.69) is 11.9 Å². The van der Waals surface area contributed by atoms with Crippen molar-refractivity contribution in [3.8, 4) is 0 Å². The number of hydrogen-bond acceptors (Lipinski definition) is 3. The minimum atomic E-state index is -0.107. The van der Waals surface area contributed by atoms with E-state index in [0.717, 1.165) is 31.5 Å². The number of carbonyl (C=O) groups is 1. The summed E-state index contributed by atoms with van der Waals surface area (Å²) >= 11 is 0. The lowest BCUT2D eigenvalue weighted by Gasteiger charge is -2.07. The lowest BCUT2D eigenvalue weighted by Crippen LogP contribution is -2.18. The number of esters is 1. The van der Waals surface area contributed by atoms with E-state index in [1.165, 1.54) is 0 Å². The monoisotopic (exact) mass is 213 g/mol. The van der Waals surface area contributed by atoms with Gasteiger partial charge in [0.1, 0.15) is 0 Å². The molecule has 0 atom stereocenters. The van der Waals surface area contributed by atoms with Crippen LogP contribution in [-0.2, 0) is 9.53 Å². The highest BCUT2D eigenvalue weighted by Gasteiger charge is 2.06. The van der Waals surface area contributed by atoms with Crippen molar-refractivity contribution >= 4 is 5.97 Å². The first-order valence-corrected chi connectivity index (χ1v) is 5.55. The van der Waals surface area contributed by atoms with Crippen LogP contribution < -0.4 is 5.32 Å². The van der Waals surface area contributed by atoms with E-state index >= 15 is 0 Å². The fourth-order valence-corrected chi connectivity index (χ4v) is 0.993. The Bertz CT molecular complexity index is 200. The van der Waals surface area contributed by atoms with Gasteiger partial charge < -0.3 is 10.1 Å². The first-order chi connectivity index (χ1) is 7.04. The van der Waals surface area contributed by atoms with Crippen LogP contribution >= 0.6 is 0 Å². The van der Waals surface area contributed by atoms with Crippen LogP contribution in [0.15, 0.2) is 12.2 Å². The van der Waals surface area contributed by atoms with Gasteiger partial charge in [-0.2, -0.15) is 0 Å². The summed E-state index contributed by atoms with van der Waals surface area (Å²) in [7, 11) is 0. The molecule has 0 saturated heterocycles. The Kier molecular flexibility index (Phi) is 8.01. The first kappa shape index (κ1) is 14.2. The first-order valence-electron chi connectivity index (χ1n) is 5.55. The summed E-state index contributed by atoms with van der Waals surface area (Å²) in [5.74, 6) is -0.128. The molecule has 0 saturated carbocycles. The van der Waals surface area contributed by atoms with Gasteiger partial charge in [-0.15, -0.1) is 0 Å². The zero-order chi connectivity index (χ0) is 11.7. The Labute approximate surface area is 92.9 Å². The van der Waals surface area contributed by atoms with Gasteiger partial charge in [-0.1, -0.05) is 26.0 Å².